The molecule has 0 heterocycles. The average Bonchev–Trinajstić information content (AvgIpc) is 2.68. The number of phenols is 1. The Bertz CT molecular complexity index is 873. The summed E-state index contributed by atoms with van der Waals surface area (Å²) in [5.41, 5.74) is 4.81. The Kier molecular flexibility index (Phi) is 5.62. The van der Waals surface area contributed by atoms with Crippen LogP contribution in [0.3, 0.4) is 0 Å². The van der Waals surface area contributed by atoms with Crippen LogP contribution in [0.2, 0.25) is 0 Å². The number of hydrogen-bond donors (Lipinski definition) is 2. The Morgan fingerprint density at radius 3 is 2.35 bits per heavy atom. The predicted octanol–water partition coefficient (Wildman–Crippen LogP) is 3.74. The standard InChI is InChI=1S/C21H18N2O3/c24-19-10-8-18(9-11-19)21(25)23-22-14-16-6-12-20(13-7-16)26-15-17-4-2-1-3-5-17/h1-14,24H,15H2,(H,23,25)/b22-14+. The number of nitrogens with one attached hydrogen (secondary N) is 1. The lowest BCUT2D eigenvalue weighted by Gasteiger charge is -2.06. The molecule has 0 fully saturated rings. The molecule has 0 saturated heterocycles. The summed E-state index contributed by atoms with van der Waals surface area (Å²) < 4.78 is 5.72. The van der Waals surface area contributed by atoms with E-state index >= 15 is 0 Å². The first-order valence-corrected chi connectivity index (χ1v) is 8.10. The second-order valence-corrected chi connectivity index (χ2v) is 5.59. The molecule has 0 aliphatic heterocycles. The molecule has 0 unspecified atom stereocenters. The molecule has 0 aliphatic carbocycles. The van der Waals surface area contributed by atoms with Crippen molar-refractivity contribution >= 4 is 12.1 Å². The van der Waals surface area contributed by atoms with Gasteiger partial charge in [-0.15, -0.1) is 0 Å². The van der Waals surface area contributed by atoms with E-state index in [2.05, 4.69) is 10.5 Å². The maximum Gasteiger partial charge on any atom is 0.271 e. The minimum atomic E-state index is -0.343. The van der Waals surface area contributed by atoms with E-state index in [1.165, 1.54) is 24.3 Å². The van der Waals surface area contributed by atoms with Crippen LogP contribution in [-0.4, -0.2) is 17.2 Å². The molecule has 0 spiro atoms. The van der Waals surface area contributed by atoms with Gasteiger partial charge in [0.2, 0.25) is 0 Å². The number of benzene rings is 3. The lowest BCUT2D eigenvalue weighted by Crippen LogP contribution is -2.17. The van der Waals surface area contributed by atoms with Gasteiger partial charge in [-0.1, -0.05) is 30.3 Å². The quantitative estimate of drug-likeness (QED) is 0.528. The van der Waals surface area contributed by atoms with E-state index in [1.807, 2.05) is 54.6 Å². The molecule has 3 rings (SSSR count). The third kappa shape index (κ3) is 4.95. The molecule has 0 aliphatic rings. The lowest BCUT2D eigenvalue weighted by atomic mass is 10.2. The Labute approximate surface area is 151 Å². The van der Waals surface area contributed by atoms with E-state index in [0.717, 1.165) is 16.9 Å². The third-order valence-electron chi connectivity index (χ3n) is 3.64. The van der Waals surface area contributed by atoms with Crippen LogP contribution in [0.1, 0.15) is 21.5 Å². The molecule has 0 atom stereocenters. The van der Waals surface area contributed by atoms with Crippen molar-refractivity contribution in [3.8, 4) is 11.5 Å². The Hall–Kier alpha value is -3.60. The zero-order valence-electron chi connectivity index (χ0n) is 14.0. The molecule has 0 radical (unpaired) electrons. The number of nitrogens with zero attached hydrogens (tertiary/aromatic N) is 1. The van der Waals surface area contributed by atoms with Gasteiger partial charge in [0.25, 0.3) is 5.91 Å². The number of ether oxygens (including phenoxy) is 1. The smallest absolute Gasteiger partial charge is 0.271 e. The van der Waals surface area contributed by atoms with Crippen LogP contribution in [0, 0.1) is 0 Å². The van der Waals surface area contributed by atoms with Gasteiger partial charge in [-0.2, -0.15) is 5.10 Å². The van der Waals surface area contributed by atoms with Gasteiger partial charge in [-0.05, 0) is 59.7 Å². The fourth-order valence-corrected chi connectivity index (χ4v) is 2.23. The first-order chi connectivity index (χ1) is 12.7. The van der Waals surface area contributed by atoms with Gasteiger partial charge in [-0.25, -0.2) is 5.43 Å². The molecule has 0 aromatic heterocycles. The molecule has 3 aromatic carbocycles. The lowest BCUT2D eigenvalue weighted by molar-refractivity contribution is 0.0955. The number of phenolic OH excluding ortho intramolecular Hbond substituents is 1. The number of rotatable bonds is 6. The van der Waals surface area contributed by atoms with Gasteiger partial charge in [0.05, 0.1) is 6.21 Å². The molecule has 1 amide bonds. The fourth-order valence-electron chi connectivity index (χ4n) is 2.23. The van der Waals surface area contributed by atoms with E-state index in [0.29, 0.717) is 12.2 Å². The van der Waals surface area contributed by atoms with E-state index in [4.69, 9.17) is 4.74 Å². The molecule has 0 bridgehead atoms. The maximum atomic E-state index is 11.9. The zero-order valence-corrected chi connectivity index (χ0v) is 14.0. The van der Waals surface area contributed by atoms with Crippen LogP contribution in [0.15, 0.2) is 84.0 Å². The van der Waals surface area contributed by atoms with Gasteiger partial charge < -0.3 is 9.84 Å². The number of aromatic hydroxyl groups is 1. The van der Waals surface area contributed by atoms with Gasteiger partial charge in [-0.3, -0.25) is 4.79 Å². The van der Waals surface area contributed by atoms with Crippen molar-refractivity contribution in [3.05, 3.63) is 95.6 Å². The molecule has 26 heavy (non-hydrogen) atoms. The predicted molar refractivity (Wildman–Crippen MR) is 100 cm³/mol. The van der Waals surface area contributed by atoms with E-state index in [1.54, 1.807) is 6.21 Å². The summed E-state index contributed by atoms with van der Waals surface area (Å²) in [6, 6.07) is 23.3. The molecular weight excluding hydrogens is 328 g/mol. The van der Waals surface area contributed by atoms with Crippen molar-refractivity contribution in [2.24, 2.45) is 5.10 Å². The van der Waals surface area contributed by atoms with Gasteiger partial charge >= 0.3 is 0 Å². The first-order valence-electron chi connectivity index (χ1n) is 8.10. The van der Waals surface area contributed by atoms with Crippen molar-refractivity contribution in [2.45, 2.75) is 6.61 Å². The Morgan fingerprint density at radius 2 is 1.65 bits per heavy atom. The normalized spacial score (nSPS) is 10.6. The molecule has 0 saturated carbocycles. The summed E-state index contributed by atoms with van der Waals surface area (Å²) in [5.74, 6) is 0.530. The molecule has 3 aromatic rings. The van der Waals surface area contributed by atoms with Crippen LogP contribution in [-0.2, 0) is 6.61 Å². The molecule has 5 nitrogen and oxygen atoms in total. The van der Waals surface area contributed by atoms with Crippen molar-refractivity contribution < 1.29 is 14.6 Å². The van der Waals surface area contributed by atoms with Crippen LogP contribution < -0.4 is 10.2 Å². The Balaban J connectivity index is 1.51. The highest BCUT2D eigenvalue weighted by Crippen LogP contribution is 2.13. The Morgan fingerprint density at radius 1 is 0.962 bits per heavy atom. The van der Waals surface area contributed by atoms with Crippen LogP contribution in [0.25, 0.3) is 0 Å². The number of carbonyl (C=O) groups is 1. The number of hydrogen-bond acceptors (Lipinski definition) is 4. The summed E-state index contributed by atoms with van der Waals surface area (Å²) >= 11 is 0. The fraction of sp³-hybridized carbons (Fsp3) is 0.0476. The van der Waals surface area contributed by atoms with Crippen LogP contribution >= 0.6 is 0 Å². The summed E-state index contributed by atoms with van der Waals surface area (Å²) in [6.07, 6.45) is 1.55. The molecule has 5 heteroatoms. The molecule has 2 N–H and O–H groups in total. The highest BCUT2D eigenvalue weighted by molar-refractivity contribution is 5.94. The minimum absolute atomic E-state index is 0.111. The molecular formula is C21H18N2O3. The second-order valence-electron chi connectivity index (χ2n) is 5.59. The zero-order chi connectivity index (χ0) is 18.2. The summed E-state index contributed by atoms with van der Waals surface area (Å²) in [7, 11) is 0. The van der Waals surface area contributed by atoms with Crippen LogP contribution in [0.5, 0.6) is 11.5 Å². The number of carbonyl (C=O) groups excluding carboxylic acids is 1. The highest BCUT2D eigenvalue weighted by atomic mass is 16.5. The summed E-state index contributed by atoms with van der Waals surface area (Å²) in [5, 5.41) is 13.2. The monoisotopic (exact) mass is 346 g/mol. The van der Waals surface area contributed by atoms with Crippen molar-refractivity contribution in [2.75, 3.05) is 0 Å². The minimum Gasteiger partial charge on any atom is -0.508 e. The van der Waals surface area contributed by atoms with Gasteiger partial charge in [0.1, 0.15) is 18.1 Å². The van der Waals surface area contributed by atoms with E-state index < -0.39 is 0 Å². The van der Waals surface area contributed by atoms with Gasteiger partial charge in [0, 0.05) is 5.56 Å². The summed E-state index contributed by atoms with van der Waals surface area (Å²) in [4.78, 5) is 11.9. The van der Waals surface area contributed by atoms with Crippen molar-refractivity contribution in [1.82, 2.24) is 5.43 Å². The van der Waals surface area contributed by atoms with Crippen molar-refractivity contribution in [3.63, 3.8) is 0 Å². The SMILES string of the molecule is O=C(N/N=C/c1ccc(OCc2ccccc2)cc1)c1ccc(O)cc1. The largest absolute Gasteiger partial charge is 0.508 e. The third-order valence-corrected chi connectivity index (χ3v) is 3.64. The van der Waals surface area contributed by atoms with Gasteiger partial charge in [0.15, 0.2) is 0 Å². The van der Waals surface area contributed by atoms with E-state index in [9.17, 15) is 9.90 Å². The van der Waals surface area contributed by atoms with Crippen molar-refractivity contribution in [1.29, 1.82) is 0 Å². The molecule has 130 valence electrons. The van der Waals surface area contributed by atoms with Crippen LogP contribution in [0.4, 0.5) is 0 Å². The second kappa shape index (κ2) is 8.48. The van der Waals surface area contributed by atoms with E-state index in [-0.39, 0.29) is 11.7 Å². The highest BCUT2D eigenvalue weighted by Gasteiger charge is 2.03. The number of hydrazone groups is 1. The first kappa shape index (κ1) is 17.2. The average molecular weight is 346 g/mol. The maximum absolute atomic E-state index is 11.9. The summed E-state index contributed by atoms with van der Waals surface area (Å²) in [6.45, 7) is 0.511. The topological polar surface area (TPSA) is 70.9 Å². The number of amides is 1.